The lowest BCUT2D eigenvalue weighted by molar-refractivity contribution is -0.109. The van der Waals surface area contributed by atoms with Gasteiger partial charge in [-0.05, 0) is 62.2 Å². The average Bonchev–Trinajstić information content (AvgIpc) is 2.95. The van der Waals surface area contributed by atoms with Gasteiger partial charge in [-0.3, -0.25) is 0 Å². The minimum atomic E-state index is 0.235. The summed E-state index contributed by atoms with van der Waals surface area (Å²) < 4.78 is 6.52. The summed E-state index contributed by atoms with van der Waals surface area (Å²) in [7, 11) is 1.97. The third kappa shape index (κ3) is 0.754. The predicted octanol–water partition coefficient (Wildman–Crippen LogP) is 3.37. The van der Waals surface area contributed by atoms with Crippen LogP contribution in [-0.4, -0.2) is 17.0 Å². The molecular weight excluding hydrogens is 252 g/mol. The van der Waals surface area contributed by atoms with Crippen LogP contribution in [0.3, 0.4) is 0 Å². The molecule has 0 unspecified atom stereocenters. The van der Waals surface area contributed by atoms with Crippen LogP contribution in [0.4, 0.5) is 0 Å². The molecule has 4 atom stereocenters. The van der Waals surface area contributed by atoms with Crippen molar-refractivity contribution in [1.29, 1.82) is 0 Å². The Morgan fingerprint density at radius 1 is 0.933 bits per heavy atom. The number of methoxy groups -OCH3 is 1. The first-order valence-corrected chi connectivity index (χ1v) is 7.27. The smallest absolute Gasteiger partial charge is 0.0892 e. The Morgan fingerprint density at radius 2 is 1.40 bits per heavy atom. The number of ether oxygens (including phenoxy) is 1. The van der Waals surface area contributed by atoms with E-state index in [1.165, 1.54) is 38.5 Å². The Morgan fingerprint density at radius 3 is 1.80 bits per heavy atom. The highest BCUT2D eigenvalue weighted by Gasteiger charge is 2.77. The van der Waals surface area contributed by atoms with E-state index in [1.54, 1.807) is 0 Å². The molecule has 0 saturated heterocycles. The standard InChI is InChI=1S/C13H19BrO/c1-15-13-10-4-2-8(6-10)12(13,14)9-3-5-11(13)7-9/h8-11H,2-7H2,1H3/t8-,9-,10+,11+,12?,13?/m1/s1. The van der Waals surface area contributed by atoms with Crippen LogP contribution in [0.2, 0.25) is 0 Å². The van der Waals surface area contributed by atoms with Crippen LogP contribution in [0, 0.1) is 23.7 Å². The van der Waals surface area contributed by atoms with Crippen molar-refractivity contribution in [1.82, 2.24) is 0 Å². The lowest BCUT2D eigenvalue weighted by Gasteiger charge is -2.52. The minimum Gasteiger partial charge on any atom is -0.376 e. The molecule has 4 aliphatic carbocycles. The highest BCUT2D eigenvalue weighted by molar-refractivity contribution is 9.10. The van der Waals surface area contributed by atoms with Crippen molar-refractivity contribution >= 4 is 15.9 Å². The number of hydrogen-bond donors (Lipinski definition) is 0. The Labute approximate surface area is 100 Å². The number of alkyl halides is 1. The first-order valence-electron chi connectivity index (χ1n) is 6.47. The lowest BCUT2D eigenvalue weighted by atomic mass is 9.67. The molecule has 0 heterocycles. The third-order valence-electron chi connectivity index (χ3n) is 6.20. The second kappa shape index (κ2) is 2.64. The van der Waals surface area contributed by atoms with Gasteiger partial charge in [-0.25, -0.2) is 0 Å². The monoisotopic (exact) mass is 270 g/mol. The summed E-state index contributed by atoms with van der Waals surface area (Å²) >= 11 is 4.18. The molecule has 0 aromatic carbocycles. The van der Waals surface area contributed by atoms with E-state index >= 15 is 0 Å². The van der Waals surface area contributed by atoms with Crippen molar-refractivity contribution in [3.05, 3.63) is 0 Å². The minimum absolute atomic E-state index is 0.235. The van der Waals surface area contributed by atoms with Gasteiger partial charge in [0, 0.05) is 7.11 Å². The summed E-state index contributed by atoms with van der Waals surface area (Å²) in [4.78, 5) is 0. The topological polar surface area (TPSA) is 9.23 Å². The van der Waals surface area contributed by atoms with Gasteiger partial charge in [-0.2, -0.15) is 0 Å². The molecule has 0 aromatic rings. The number of hydrogen-bond acceptors (Lipinski definition) is 1. The van der Waals surface area contributed by atoms with Gasteiger partial charge >= 0.3 is 0 Å². The quantitative estimate of drug-likeness (QED) is 0.525. The second-order valence-corrected chi connectivity index (χ2v) is 7.49. The van der Waals surface area contributed by atoms with E-state index in [0.717, 1.165) is 23.7 Å². The van der Waals surface area contributed by atoms with Crippen molar-refractivity contribution < 1.29 is 4.74 Å². The summed E-state index contributed by atoms with van der Waals surface area (Å²) in [5.41, 5.74) is 0.235. The van der Waals surface area contributed by atoms with Gasteiger partial charge in [0.15, 0.2) is 0 Å². The largest absolute Gasteiger partial charge is 0.376 e. The summed E-state index contributed by atoms with van der Waals surface area (Å²) in [5.74, 6) is 3.56. The maximum Gasteiger partial charge on any atom is 0.0892 e. The molecule has 0 spiro atoms. The van der Waals surface area contributed by atoms with Crippen molar-refractivity contribution in [2.75, 3.05) is 7.11 Å². The zero-order valence-electron chi connectivity index (χ0n) is 9.34. The number of halogens is 1. The molecular formula is C13H19BrO. The molecule has 4 rings (SSSR count). The molecule has 0 aromatic heterocycles. The highest BCUT2D eigenvalue weighted by Crippen LogP contribution is 2.75. The van der Waals surface area contributed by atoms with E-state index in [4.69, 9.17) is 4.74 Å². The first kappa shape index (κ1) is 9.47. The molecule has 0 amide bonds. The second-order valence-electron chi connectivity index (χ2n) is 6.18. The Hall–Kier alpha value is 0.440. The molecule has 0 aliphatic heterocycles. The zero-order chi connectivity index (χ0) is 10.3. The van der Waals surface area contributed by atoms with Gasteiger partial charge in [0.1, 0.15) is 0 Å². The summed E-state index contributed by atoms with van der Waals surface area (Å²) in [6.45, 7) is 0. The van der Waals surface area contributed by atoms with Gasteiger partial charge in [0.25, 0.3) is 0 Å². The van der Waals surface area contributed by atoms with Gasteiger partial charge in [-0.15, -0.1) is 0 Å². The molecule has 4 saturated carbocycles. The molecule has 4 bridgehead atoms. The van der Waals surface area contributed by atoms with Crippen LogP contribution in [0.15, 0.2) is 0 Å². The van der Waals surface area contributed by atoms with Crippen molar-refractivity contribution in [3.63, 3.8) is 0 Å². The first-order chi connectivity index (χ1) is 7.23. The van der Waals surface area contributed by atoms with Crippen LogP contribution >= 0.6 is 15.9 Å². The molecule has 2 heteroatoms. The fourth-order valence-corrected chi connectivity index (χ4v) is 7.57. The summed E-state index contributed by atoms with van der Waals surface area (Å²) in [5, 5.41) is 0. The molecule has 15 heavy (non-hydrogen) atoms. The normalized spacial score (nSPS) is 65.2. The van der Waals surface area contributed by atoms with Crippen LogP contribution < -0.4 is 0 Å². The fourth-order valence-electron chi connectivity index (χ4n) is 5.93. The maximum absolute atomic E-state index is 6.15. The zero-order valence-corrected chi connectivity index (χ0v) is 10.9. The Kier molecular flexibility index (Phi) is 1.67. The molecule has 4 fully saturated rings. The van der Waals surface area contributed by atoms with Gasteiger partial charge < -0.3 is 4.74 Å². The van der Waals surface area contributed by atoms with Gasteiger partial charge in [-0.1, -0.05) is 15.9 Å². The van der Waals surface area contributed by atoms with E-state index in [2.05, 4.69) is 15.9 Å². The average molecular weight is 271 g/mol. The lowest BCUT2D eigenvalue weighted by Crippen LogP contribution is -2.59. The molecule has 0 N–H and O–H groups in total. The Bertz CT molecular complexity index is 292. The summed E-state index contributed by atoms with van der Waals surface area (Å²) in [6, 6.07) is 0. The number of fused-ring (bicyclic) bond motifs is 9. The van der Waals surface area contributed by atoms with Crippen LogP contribution in [-0.2, 0) is 4.74 Å². The van der Waals surface area contributed by atoms with Gasteiger partial charge in [0.05, 0.1) is 9.93 Å². The van der Waals surface area contributed by atoms with E-state index < -0.39 is 0 Å². The summed E-state index contributed by atoms with van der Waals surface area (Å²) in [6.07, 6.45) is 8.62. The van der Waals surface area contributed by atoms with Crippen LogP contribution in [0.25, 0.3) is 0 Å². The molecule has 1 nitrogen and oxygen atoms in total. The molecule has 0 radical (unpaired) electrons. The predicted molar refractivity (Wildman–Crippen MR) is 63.1 cm³/mol. The van der Waals surface area contributed by atoms with Crippen molar-refractivity contribution in [2.45, 2.75) is 48.5 Å². The Balaban J connectivity index is 1.90. The van der Waals surface area contributed by atoms with E-state index in [9.17, 15) is 0 Å². The van der Waals surface area contributed by atoms with E-state index in [1.807, 2.05) is 7.11 Å². The van der Waals surface area contributed by atoms with E-state index in [0.29, 0.717) is 4.32 Å². The van der Waals surface area contributed by atoms with Crippen LogP contribution in [0.1, 0.15) is 38.5 Å². The highest BCUT2D eigenvalue weighted by atomic mass is 79.9. The fraction of sp³-hybridized carbons (Fsp3) is 1.00. The van der Waals surface area contributed by atoms with Crippen molar-refractivity contribution in [3.8, 4) is 0 Å². The van der Waals surface area contributed by atoms with E-state index in [-0.39, 0.29) is 5.60 Å². The third-order valence-corrected chi connectivity index (χ3v) is 8.12. The van der Waals surface area contributed by atoms with Gasteiger partial charge in [0.2, 0.25) is 0 Å². The number of rotatable bonds is 1. The molecule has 84 valence electrons. The van der Waals surface area contributed by atoms with Crippen LogP contribution in [0.5, 0.6) is 0 Å². The molecule has 4 aliphatic rings. The maximum atomic E-state index is 6.15. The van der Waals surface area contributed by atoms with Crippen molar-refractivity contribution in [2.24, 2.45) is 23.7 Å². The SMILES string of the molecule is COC12[C@H]3CC[C@H](C3)C1(Br)[C@@H]1CC[C@H]2C1.